The smallest absolute Gasteiger partial charge is 0.312 e. The first-order valence-corrected chi connectivity index (χ1v) is 9.57. The average molecular weight is 386 g/mol. The van der Waals surface area contributed by atoms with Crippen LogP contribution >= 0.6 is 0 Å². The molecule has 0 spiro atoms. The minimum absolute atomic E-state index is 0.489. The van der Waals surface area contributed by atoms with Gasteiger partial charge in [0.05, 0.1) is 24.4 Å². The van der Waals surface area contributed by atoms with Crippen LogP contribution in [0.2, 0.25) is 0 Å². The van der Waals surface area contributed by atoms with E-state index in [4.69, 9.17) is 9.72 Å². The van der Waals surface area contributed by atoms with Crippen LogP contribution in [-0.4, -0.2) is 27.6 Å². The van der Waals surface area contributed by atoms with Gasteiger partial charge in [0.2, 0.25) is 0 Å². The van der Waals surface area contributed by atoms with E-state index < -0.39 is 11.9 Å². The second-order valence-corrected chi connectivity index (χ2v) is 6.88. The molecule has 2 aromatic heterocycles. The van der Waals surface area contributed by atoms with Crippen molar-refractivity contribution in [2.24, 2.45) is 0 Å². The van der Waals surface area contributed by atoms with Crippen molar-refractivity contribution in [3.05, 3.63) is 78.6 Å². The number of methoxy groups -OCH3 is 1. The van der Waals surface area contributed by atoms with Gasteiger partial charge in [0.25, 0.3) is 0 Å². The molecule has 0 amide bonds. The lowest BCUT2D eigenvalue weighted by Crippen LogP contribution is -2.13. The highest BCUT2D eigenvalue weighted by Gasteiger charge is 2.26. The summed E-state index contributed by atoms with van der Waals surface area (Å²) >= 11 is 0. The van der Waals surface area contributed by atoms with Gasteiger partial charge < -0.3 is 14.2 Å². The van der Waals surface area contributed by atoms with Gasteiger partial charge in [-0.05, 0) is 41.8 Å². The van der Waals surface area contributed by atoms with Crippen molar-refractivity contribution in [1.82, 2.24) is 9.38 Å². The van der Waals surface area contributed by atoms with E-state index in [2.05, 4.69) is 0 Å². The Balaban J connectivity index is 1.90. The van der Waals surface area contributed by atoms with E-state index in [0.29, 0.717) is 17.8 Å². The fraction of sp³-hybridized carbons (Fsp3) is 0.167. The topological polar surface area (TPSA) is 63.8 Å². The van der Waals surface area contributed by atoms with Crippen LogP contribution < -0.4 is 4.74 Å². The van der Waals surface area contributed by atoms with Gasteiger partial charge in [-0.15, -0.1) is 0 Å². The predicted molar refractivity (Wildman–Crippen MR) is 113 cm³/mol. The van der Waals surface area contributed by atoms with Crippen LogP contribution in [0.1, 0.15) is 25.0 Å². The molecule has 4 aromatic rings. The molecule has 4 rings (SSSR count). The highest BCUT2D eigenvalue weighted by molar-refractivity contribution is 5.81. The maximum absolute atomic E-state index is 12.0. The normalized spacial score (nSPS) is 12.1. The van der Waals surface area contributed by atoms with Crippen molar-refractivity contribution in [2.75, 3.05) is 7.11 Å². The zero-order valence-electron chi connectivity index (χ0n) is 16.4. The molecule has 0 saturated heterocycles. The number of pyridine rings is 1. The van der Waals surface area contributed by atoms with Crippen LogP contribution in [-0.2, 0) is 4.79 Å². The minimum Gasteiger partial charge on any atom is -0.497 e. The predicted octanol–water partition coefficient (Wildman–Crippen LogP) is 5.26. The quantitative estimate of drug-likeness (QED) is 0.491. The Bertz CT molecular complexity index is 1150. The number of hydrogen-bond donors (Lipinski definition) is 1. The first-order valence-electron chi connectivity index (χ1n) is 9.57. The molecule has 1 N–H and O–H groups in total. The Morgan fingerprint density at radius 2 is 1.76 bits per heavy atom. The van der Waals surface area contributed by atoms with Gasteiger partial charge in [0, 0.05) is 11.8 Å². The highest BCUT2D eigenvalue weighted by Crippen LogP contribution is 2.33. The number of aromatic nitrogens is 2. The van der Waals surface area contributed by atoms with Crippen LogP contribution in [0, 0.1) is 0 Å². The third-order valence-electron chi connectivity index (χ3n) is 5.17. The van der Waals surface area contributed by atoms with Crippen LogP contribution in [0.15, 0.2) is 72.9 Å². The van der Waals surface area contributed by atoms with Crippen molar-refractivity contribution < 1.29 is 14.6 Å². The molecule has 1 unspecified atom stereocenters. The number of nitrogens with zero attached hydrogens (tertiary/aromatic N) is 2. The number of carboxylic acid groups (broad SMARTS) is 1. The van der Waals surface area contributed by atoms with Crippen LogP contribution in [0.5, 0.6) is 5.75 Å². The third kappa shape index (κ3) is 3.47. The molecule has 5 nitrogen and oxygen atoms in total. The van der Waals surface area contributed by atoms with Gasteiger partial charge in [-0.2, -0.15) is 0 Å². The molecule has 0 aliphatic rings. The van der Waals surface area contributed by atoms with Crippen molar-refractivity contribution in [3.63, 3.8) is 0 Å². The summed E-state index contributed by atoms with van der Waals surface area (Å²) in [5, 5.41) is 9.80. The molecule has 0 aliphatic carbocycles. The second kappa shape index (κ2) is 7.80. The fourth-order valence-corrected chi connectivity index (χ4v) is 3.65. The summed E-state index contributed by atoms with van der Waals surface area (Å²) in [5.41, 5.74) is 5.13. The molecule has 146 valence electrons. The number of imidazole rings is 1. The molecule has 2 heterocycles. The summed E-state index contributed by atoms with van der Waals surface area (Å²) < 4.78 is 7.13. The first kappa shape index (κ1) is 18.7. The summed E-state index contributed by atoms with van der Waals surface area (Å²) in [6.45, 7) is 1.89. The standard InChI is InChI=1S/C24H22N2O3/c1-3-20(24(27)28)23-22(17-7-5-4-6-8-17)25-21-15-18(13-14-26(21)23)16-9-11-19(29-2)12-10-16/h4-15,20H,3H2,1-2H3,(H,27,28). The summed E-state index contributed by atoms with van der Waals surface area (Å²) in [6, 6.07) is 21.6. The van der Waals surface area contributed by atoms with Crippen molar-refractivity contribution >= 4 is 11.6 Å². The lowest BCUT2D eigenvalue weighted by atomic mass is 9.97. The Morgan fingerprint density at radius 1 is 1.03 bits per heavy atom. The number of aliphatic carboxylic acids is 1. The monoisotopic (exact) mass is 386 g/mol. The van der Waals surface area contributed by atoms with Crippen molar-refractivity contribution in [2.45, 2.75) is 19.3 Å². The van der Waals surface area contributed by atoms with Gasteiger partial charge >= 0.3 is 5.97 Å². The molecule has 0 aliphatic heterocycles. The molecule has 0 radical (unpaired) electrons. The second-order valence-electron chi connectivity index (χ2n) is 6.88. The zero-order chi connectivity index (χ0) is 20.4. The van der Waals surface area contributed by atoms with Crippen molar-refractivity contribution in [3.8, 4) is 28.1 Å². The first-order chi connectivity index (χ1) is 14.1. The minimum atomic E-state index is -0.842. The number of benzene rings is 2. The molecule has 0 saturated carbocycles. The molecule has 2 aromatic carbocycles. The number of carbonyl (C=O) groups is 1. The van der Waals surface area contributed by atoms with E-state index in [9.17, 15) is 9.90 Å². The van der Waals surface area contributed by atoms with Gasteiger partial charge in [0.1, 0.15) is 11.4 Å². The molecule has 1 atom stereocenters. The average Bonchev–Trinajstić information content (AvgIpc) is 3.13. The van der Waals surface area contributed by atoms with E-state index in [-0.39, 0.29) is 0 Å². The van der Waals surface area contributed by atoms with Crippen LogP contribution in [0.4, 0.5) is 0 Å². The summed E-state index contributed by atoms with van der Waals surface area (Å²) in [6.07, 6.45) is 2.40. The van der Waals surface area contributed by atoms with E-state index in [1.165, 1.54) is 0 Å². The van der Waals surface area contributed by atoms with E-state index in [1.807, 2.05) is 84.3 Å². The van der Waals surface area contributed by atoms with Gasteiger partial charge in [0.15, 0.2) is 0 Å². The molecule has 0 fully saturated rings. The largest absolute Gasteiger partial charge is 0.497 e. The zero-order valence-corrected chi connectivity index (χ0v) is 16.4. The van der Waals surface area contributed by atoms with Crippen LogP contribution in [0.3, 0.4) is 0 Å². The van der Waals surface area contributed by atoms with Crippen LogP contribution in [0.25, 0.3) is 28.0 Å². The molecular formula is C24H22N2O3. The Morgan fingerprint density at radius 3 is 2.38 bits per heavy atom. The Kier molecular flexibility index (Phi) is 5.04. The van der Waals surface area contributed by atoms with Gasteiger partial charge in [-0.25, -0.2) is 4.98 Å². The summed E-state index contributed by atoms with van der Waals surface area (Å²) in [5.74, 6) is -0.672. The molecule has 29 heavy (non-hydrogen) atoms. The van der Waals surface area contributed by atoms with Crippen molar-refractivity contribution in [1.29, 1.82) is 0 Å². The van der Waals surface area contributed by atoms with E-state index in [1.54, 1.807) is 7.11 Å². The summed E-state index contributed by atoms with van der Waals surface area (Å²) in [4.78, 5) is 16.8. The lowest BCUT2D eigenvalue weighted by molar-refractivity contribution is -0.138. The van der Waals surface area contributed by atoms with Gasteiger partial charge in [-0.1, -0.05) is 49.4 Å². The fourth-order valence-electron chi connectivity index (χ4n) is 3.65. The molecular weight excluding hydrogens is 364 g/mol. The van der Waals surface area contributed by atoms with E-state index >= 15 is 0 Å². The summed E-state index contributed by atoms with van der Waals surface area (Å²) in [7, 11) is 1.64. The van der Waals surface area contributed by atoms with Gasteiger partial charge in [-0.3, -0.25) is 4.79 Å². The highest BCUT2D eigenvalue weighted by atomic mass is 16.5. The third-order valence-corrected chi connectivity index (χ3v) is 5.17. The van der Waals surface area contributed by atoms with E-state index in [0.717, 1.165) is 28.1 Å². The maximum atomic E-state index is 12.0. The number of ether oxygens (including phenoxy) is 1. The lowest BCUT2D eigenvalue weighted by Gasteiger charge is -2.13. The molecule has 0 bridgehead atoms. The number of hydrogen-bond acceptors (Lipinski definition) is 3. The number of rotatable bonds is 6. The molecule has 5 heteroatoms. The number of carboxylic acids is 1. The Labute approximate surface area is 169 Å². The Hall–Kier alpha value is -3.60. The maximum Gasteiger partial charge on any atom is 0.312 e. The SMILES string of the molecule is CCC(C(=O)O)c1c(-c2ccccc2)nc2cc(-c3ccc(OC)cc3)ccn12. The number of fused-ring (bicyclic) bond motifs is 1.